The second-order valence-corrected chi connectivity index (χ2v) is 10.4. The van der Waals surface area contributed by atoms with Gasteiger partial charge in [-0.15, -0.1) is 0 Å². The lowest BCUT2D eigenvalue weighted by Gasteiger charge is -2.41. The summed E-state index contributed by atoms with van der Waals surface area (Å²) in [6.07, 6.45) is 1.62. The van der Waals surface area contributed by atoms with Gasteiger partial charge in [0.05, 0.1) is 10.8 Å². The van der Waals surface area contributed by atoms with Crippen LogP contribution in [0.5, 0.6) is 17.2 Å². The van der Waals surface area contributed by atoms with E-state index in [1.54, 1.807) is 0 Å². The lowest BCUT2D eigenvalue weighted by atomic mass is 9.60. The number of phenolic OH excluding ortho intramolecular Hbond substituents is 3. The topological polar surface area (TPSA) is 132 Å². The van der Waals surface area contributed by atoms with Gasteiger partial charge in [-0.05, 0) is 46.5 Å². The summed E-state index contributed by atoms with van der Waals surface area (Å²) in [6.45, 7) is 11.7. The second kappa shape index (κ2) is 9.20. The highest BCUT2D eigenvalue weighted by Crippen LogP contribution is 2.52. The molecule has 0 unspecified atom stereocenters. The highest BCUT2D eigenvalue weighted by atomic mass is 16.3. The van der Waals surface area contributed by atoms with E-state index in [1.807, 2.05) is 20.8 Å². The molecule has 1 aromatic rings. The van der Waals surface area contributed by atoms with Gasteiger partial charge in [0.15, 0.2) is 17.3 Å². The number of aliphatic hydroxyl groups excluding tert-OH is 1. The fourth-order valence-electron chi connectivity index (χ4n) is 4.69. The predicted octanol–water partition coefficient (Wildman–Crippen LogP) is 5.32. The van der Waals surface area contributed by atoms with Crippen LogP contribution in [-0.4, -0.2) is 37.8 Å². The molecule has 7 nitrogen and oxygen atoms in total. The zero-order chi connectivity index (χ0) is 25.5. The van der Waals surface area contributed by atoms with Crippen molar-refractivity contribution in [3.8, 4) is 17.2 Å². The summed E-state index contributed by atoms with van der Waals surface area (Å²) < 4.78 is 0. The van der Waals surface area contributed by atoms with Crippen molar-refractivity contribution in [3.05, 3.63) is 28.5 Å². The zero-order valence-electron chi connectivity index (χ0n) is 20.6. The number of benzene rings is 1. The quantitative estimate of drug-likeness (QED) is 0.305. The fourth-order valence-corrected chi connectivity index (χ4v) is 4.69. The van der Waals surface area contributed by atoms with Gasteiger partial charge >= 0.3 is 0 Å². The number of carbonyl (C=O) groups is 3. The van der Waals surface area contributed by atoms with E-state index < -0.39 is 57.1 Å². The molecule has 1 aliphatic carbocycles. The first-order chi connectivity index (χ1) is 15.1. The fraction of sp³-hybridized carbons (Fsp3) is 0.577. The van der Waals surface area contributed by atoms with Crippen molar-refractivity contribution in [1.82, 2.24) is 0 Å². The summed E-state index contributed by atoms with van der Waals surface area (Å²) in [5.41, 5.74) is -3.28. The summed E-state index contributed by atoms with van der Waals surface area (Å²) in [6, 6.07) is 0.980. The Morgan fingerprint density at radius 2 is 1.55 bits per heavy atom. The number of aliphatic hydroxyl groups is 1. The van der Waals surface area contributed by atoms with E-state index in [2.05, 4.69) is 0 Å². The van der Waals surface area contributed by atoms with E-state index in [0.29, 0.717) is 6.42 Å². The number of rotatable bonds is 8. The Morgan fingerprint density at radius 1 is 0.970 bits per heavy atom. The van der Waals surface area contributed by atoms with Crippen molar-refractivity contribution in [2.45, 2.75) is 80.1 Å². The first kappa shape index (κ1) is 26.4. The van der Waals surface area contributed by atoms with Gasteiger partial charge in [-0.25, -0.2) is 0 Å². The molecule has 182 valence electrons. The number of hydrogen-bond acceptors (Lipinski definition) is 7. The smallest absolute Gasteiger partial charge is 0.175 e. The number of ketones is 3. The number of aromatic hydroxyl groups is 3. The number of phenols is 3. The van der Waals surface area contributed by atoms with Crippen LogP contribution in [0.4, 0.5) is 0 Å². The van der Waals surface area contributed by atoms with Crippen LogP contribution in [0.15, 0.2) is 17.4 Å². The number of Topliss-reactive ketones (excluding diaryl/α,β-unsaturated/α-hetero) is 3. The first-order valence-electron chi connectivity index (χ1n) is 11.4. The van der Waals surface area contributed by atoms with E-state index in [9.17, 15) is 34.8 Å². The largest absolute Gasteiger partial charge is 0.511 e. The lowest BCUT2D eigenvalue weighted by Crippen LogP contribution is -2.49. The third-order valence-electron chi connectivity index (χ3n) is 6.53. The van der Waals surface area contributed by atoms with Crippen molar-refractivity contribution in [2.24, 2.45) is 16.7 Å². The third kappa shape index (κ3) is 4.50. The lowest BCUT2D eigenvalue weighted by molar-refractivity contribution is -0.144. The van der Waals surface area contributed by atoms with E-state index in [1.165, 1.54) is 27.7 Å². The molecule has 4 N–H and O–H groups in total. The van der Waals surface area contributed by atoms with Crippen LogP contribution in [-0.2, 0) is 9.59 Å². The molecule has 0 saturated carbocycles. The van der Waals surface area contributed by atoms with E-state index >= 15 is 0 Å². The average Bonchev–Trinajstić information content (AvgIpc) is 2.69. The van der Waals surface area contributed by atoms with E-state index in [4.69, 9.17) is 0 Å². The molecule has 0 saturated heterocycles. The molecule has 1 aromatic carbocycles. The molecule has 33 heavy (non-hydrogen) atoms. The van der Waals surface area contributed by atoms with Crippen LogP contribution in [0.1, 0.15) is 96.0 Å². The van der Waals surface area contributed by atoms with Gasteiger partial charge in [-0.2, -0.15) is 0 Å². The minimum absolute atomic E-state index is 0.0428. The average molecular weight is 461 g/mol. The summed E-state index contributed by atoms with van der Waals surface area (Å²) in [4.78, 5) is 39.2. The van der Waals surface area contributed by atoms with Crippen molar-refractivity contribution in [2.75, 3.05) is 0 Å². The maximum absolute atomic E-state index is 13.5. The van der Waals surface area contributed by atoms with E-state index in [0.717, 1.165) is 12.5 Å². The molecule has 0 spiro atoms. The zero-order valence-corrected chi connectivity index (χ0v) is 20.6. The van der Waals surface area contributed by atoms with Crippen molar-refractivity contribution in [1.29, 1.82) is 0 Å². The normalized spacial score (nSPS) is 18.7. The standard InChI is InChI=1S/C26H36O7/c1-8-9-10-15(27)20-17(29)12-16(28)18(21(20)30)14(11-13(2)3)19-22(31)25(4,5)24(33)26(6,7)23(19)32/h12-14,28-31H,8-11H2,1-7H3/t14-/m1/s1. The molecule has 2 rings (SSSR count). The maximum atomic E-state index is 13.5. The van der Waals surface area contributed by atoms with Gasteiger partial charge in [0.25, 0.3) is 0 Å². The predicted molar refractivity (Wildman–Crippen MR) is 125 cm³/mol. The van der Waals surface area contributed by atoms with Crippen molar-refractivity contribution < 1.29 is 34.8 Å². The maximum Gasteiger partial charge on any atom is 0.175 e. The Bertz CT molecular complexity index is 1010. The van der Waals surface area contributed by atoms with Crippen LogP contribution in [0.3, 0.4) is 0 Å². The first-order valence-corrected chi connectivity index (χ1v) is 11.4. The van der Waals surface area contributed by atoms with Crippen LogP contribution >= 0.6 is 0 Å². The number of carbonyl (C=O) groups excluding carboxylic acids is 3. The van der Waals surface area contributed by atoms with Gasteiger partial charge in [-0.1, -0.05) is 27.2 Å². The SMILES string of the molecule is CCCCC(=O)c1c(O)cc(O)c([C@@H](CC(C)C)C2=C(O)C(C)(C)C(=O)C(C)(C)C2=O)c1O. The Kier molecular flexibility index (Phi) is 7.36. The summed E-state index contributed by atoms with van der Waals surface area (Å²) in [5.74, 6) is -4.62. The molecule has 0 amide bonds. The Labute approximate surface area is 195 Å². The molecule has 0 aromatic heterocycles. The van der Waals surface area contributed by atoms with Crippen LogP contribution in [0, 0.1) is 16.7 Å². The van der Waals surface area contributed by atoms with Crippen LogP contribution in [0.2, 0.25) is 0 Å². The summed E-state index contributed by atoms with van der Waals surface area (Å²) in [5, 5.41) is 43.3. The summed E-state index contributed by atoms with van der Waals surface area (Å²) >= 11 is 0. The number of unbranched alkanes of at least 4 members (excludes halogenated alkanes) is 1. The molecule has 0 fully saturated rings. The monoisotopic (exact) mass is 460 g/mol. The Morgan fingerprint density at radius 3 is 2.06 bits per heavy atom. The Hall–Kier alpha value is -2.83. The minimum atomic E-state index is -1.43. The van der Waals surface area contributed by atoms with Gasteiger partial charge in [0.1, 0.15) is 28.6 Å². The molecule has 1 atom stereocenters. The molecule has 1 aliphatic rings. The highest BCUT2D eigenvalue weighted by Gasteiger charge is 2.55. The number of allylic oxidation sites excluding steroid dienone is 2. The van der Waals surface area contributed by atoms with Gasteiger partial charge < -0.3 is 20.4 Å². The van der Waals surface area contributed by atoms with Gasteiger partial charge in [-0.3, -0.25) is 14.4 Å². The molecule has 0 aliphatic heterocycles. The van der Waals surface area contributed by atoms with Crippen LogP contribution in [0.25, 0.3) is 0 Å². The summed E-state index contributed by atoms with van der Waals surface area (Å²) in [7, 11) is 0. The minimum Gasteiger partial charge on any atom is -0.511 e. The second-order valence-electron chi connectivity index (χ2n) is 10.4. The molecular weight excluding hydrogens is 424 g/mol. The molecule has 0 radical (unpaired) electrons. The molecule has 0 bridgehead atoms. The van der Waals surface area contributed by atoms with Gasteiger partial charge in [0, 0.05) is 29.5 Å². The highest BCUT2D eigenvalue weighted by molar-refractivity contribution is 6.19. The van der Waals surface area contributed by atoms with Gasteiger partial charge in [0.2, 0.25) is 0 Å². The molecular formula is C26H36O7. The Balaban J connectivity index is 2.87. The molecule has 7 heteroatoms. The number of hydrogen-bond donors (Lipinski definition) is 4. The third-order valence-corrected chi connectivity index (χ3v) is 6.53. The molecule has 0 heterocycles. The van der Waals surface area contributed by atoms with Crippen molar-refractivity contribution >= 4 is 17.3 Å². The van der Waals surface area contributed by atoms with Crippen LogP contribution < -0.4 is 0 Å². The van der Waals surface area contributed by atoms with E-state index in [-0.39, 0.29) is 35.5 Å². The van der Waals surface area contributed by atoms with Crippen molar-refractivity contribution in [3.63, 3.8) is 0 Å².